The van der Waals surface area contributed by atoms with Gasteiger partial charge >= 0.3 is 5.97 Å². The predicted molar refractivity (Wildman–Crippen MR) is 107 cm³/mol. The highest BCUT2D eigenvalue weighted by atomic mass is 32.2. The van der Waals surface area contributed by atoms with Crippen LogP contribution in [-0.4, -0.2) is 44.8 Å². The van der Waals surface area contributed by atoms with Crippen LogP contribution >= 0.6 is 24.0 Å². The van der Waals surface area contributed by atoms with Crippen LogP contribution < -0.4 is 10.5 Å². The zero-order valence-electron chi connectivity index (χ0n) is 14.3. The number of carbonyl (C=O) groups excluding carboxylic acids is 2. The minimum Gasteiger partial charge on any atom is -0.490 e. The number of carboxylic acids is 1. The number of aliphatic carboxylic acids is 1. The SMILES string of the molecule is C=CCOc1ccc(/C=C2\SC(=S)N(C(CCC(N)=O)C(=O)O)C2=O)cc1. The summed E-state index contributed by atoms with van der Waals surface area (Å²) < 4.78 is 5.53. The van der Waals surface area contributed by atoms with Crippen LogP contribution in [0, 0.1) is 0 Å². The Hall–Kier alpha value is -2.65. The third kappa shape index (κ3) is 5.41. The summed E-state index contributed by atoms with van der Waals surface area (Å²) >= 11 is 6.19. The van der Waals surface area contributed by atoms with Gasteiger partial charge in [0.15, 0.2) is 0 Å². The Labute approximate surface area is 165 Å². The van der Waals surface area contributed by atoms with E-state index in [1.807, 2.05) is 0 Å². The molecule has 9 heteroatoms. The maximum Gasteiger partial charge on any atom is 0.326 e. The molecular formula is C18H18N2O5S2. The number of benzene rings is 1. The number of carboxylic acid groups (broad SMARTS) is 1. The van der Waals surface area contributed by atoms with E-state index in [4.69, 9.17) is 22.7 Å². The minimum atomic E-state index is -1.24. The van der Waals surface area contributed by atoms with Gasteiger partial charge in [0.25, 0.3) is 5.91 Å². The quantitative estimate of drug-likeness (QED) is 0.367. The van der Waals surface area contributed by atoms with Crippen molar-refractivity contribution in [1.29, 1.82) is 0 Å². The lowest BCUT2D eigenvalue weighted by atomic mass is 10.1. The molecule has 3 N–H and O–H groups in total. The van der Waals surface area contributed by atoms with E-state index in [0.717, 1.165) is 22.2 Å². The van der Waals surface area contributed by atoms with Crippen LogP contribution in [0.5, 0.6) is 5.75 Å². The first-order chi connectivity index (χ1) is 12.8. The molecule has 1 heterocycles. The lowest BCUT2D eigenvalue weighted by Crippen LogP contribution is -2.44. The first kappa shape index (κ1) is 20.7. The second kappa shape index (κ2) is 9.33. The number of primary amides is 1. The summed E-state index contributed by atoms with van der Waals surface area (Å²) in [5, 5.41) is 9.40. The van der Waals surface area contributed by atoms with Crippen LogP contribution in [0.25, 0.3) is 6.08 Å². The molecule has 2 amide bonds. The van der Waals surface area contributed by atoms with E-state index in [1.54, 1.807) is 36.4 Å². The first-order valence-corrected chi connectivity index (χ1v) is 9.18. The van der Waals surface area contributed by atoms with Crippen molar-refractivity contribution < 1.29 is 24.2 Å². The molecule has 1 unspecified atom stereocenters. The van der Waals surface area contributed by atoms with Crippen LogP contribution in [0.15, 0.2) is 41.8 Å². The van der Waals surface area contributed by atoms with Gasteiger partial charge in [-0.15, -0.1) is 0 Å². The molecule has 142 valence electrons. The Kier molecular flexibility index (Phi) is 7.14. The highest BCUT2D eigenvalue weighted by Crippen LogP contribution is 2.35. The fourth-order valence-electron chi connectivity index (χ4n) is 2.36. The van der Waals surface area contributed by atoms with E-state index in [-0.39, 0.29) is 17.2 Å². The average molecular weight is 406 g/mol. The molecule has 1 saturated heterocycles. The number of thioether (sulfide) groups is 1. The van der Waals surface area contributed by atoms with E-state index >= 15 is 0 Å². The summed E-state index contributed by atoms with van der Waals surface area (Å²) in [6.07, 6.45) is 3.01. The summed E-state index contributed by atoms with van der Waals surface area (Å²) in [6.45, 7) is 3.96. The number of hydrogen-bond donors (Lipinski definition) is 2. The molecule has 0 radical (unpaired) electrons. The molecule has 1 fully saturated rings. The van der Waals surface area contributed by atoms with Crippen molar-refractivity contribution >= 4 is 52.2 Å². The normalized spacial score (nSPS) is 16.4. The summed E-state index contributed by atoms with van der Waals surface area (Å²) in [5.41, 5.74) is 5.82. The van der Waals surface area contributed by atoms with Crippen molar-refractivity contribution in [2.24, 2.45) is 5.73 Å². The molecule has 1 atom stereocenters. The Balaban J connectivity index is 2.18. The zero-order valence-corrected chi connectivity index (χ0v) is 15.9. The van der Waals surface area contributed by atoms with E-state index in [9.17, 15) is 19.5 Å². The lowest BCUT2D eigenvalue weighted by molar-refractivity contribution is -0.145. The summed E-state index contributed by atoms with van der Waals surface area (Å²) in [4.78, 5) is 36.5. The molecule has 1 aromatic carbocycles. The number of carbonyl (C=O) groups is 3. The molecule has 0 bridgehead atoms. The molecule has 2 rings (SSSR count). The van der Waals surface area contributed by atoms with Crippen LogP contribution in [0.4, 0.5) is 0 Å². The molecular weight excluding hydrogens is 388 g/mol. The van der Waals surface area contributed by atoms with E-state index < -0.39 is 23.8 Å². The largest absolute Gasteiger partial charge is 0.490 e. The number of rotatable bonds is 9. The van der Waals surface area contributed by atoms with Gasteiger partial charge in [0, 0.05) is 6.42 Å². The smallest absolute Gasteiger partial charge is 0.326 e. The third-order valence-corrected chi connectivity index (χ3v) is 4.96. The van der Waals surface area contributed by atoms with Crippen LogP contribution in [0.1, 0.15) is 18.4 Å². The summed E-state index contributed by atoms with van der Waals surface area (Å²) in [7, 11) is 0. The zero-order chi connectivity index (χ0) is 20.0. The van der Waals surface area contributed by atoms with Crippen molar-refractivity contribution in [3.05, 3.63) is 47.4 Å². The standard InChI is InChI=1S/C18H18N2O5S2/c1-2-9-25-12-5-3-11(4-6-12)10-14-16(22)20(18(26)27-14)13(17(23)24)7-8-15(19)21/h2-6,10,13H,1,7-9H2,(H2,19,21)(H,23,24)/b14-10-. The molecule has 0 spiro atoms. The van der Waals surface area contributed by atoms with Gasteiger partial charge in [-0.1, -0.05) is 48.8 Å². The number of nitrogens with two attached hydrogens (primary N) is 1. The maximum absolute atomic E-state index is 12.7. The number of hydrogen-bond acceptors (Lipinski definition) is 6. The third-order valence-electron chi connectivity index (χ3n) is 3.63. The van der Waals surface area contributed by atoms with Crippen molar-refractivity contribution in [1.82, 2.24) is 4.90 Å². The Bertz CT molecular complexity index is 804. The second-order valence-corrected chi connectivity index (χ2v) is 7.26. The van der Waals surface area contributed by atoms with Crippen LogP contribution in [-0.2, 0) is 14.4 Å². The Morgan fingerprint density at radius 2 is 2.04 bits per heavy atom. The van der Waals surface area contributed by atoms with E-state index in [0.29, 0.717) is 17.3 Å². The molecule has 1 aliphatic rings. The van der Waals surface area contributed by atoms with Gasteiger partial charge in [0.05, 0.1) is 4.91 Å². The van der Waals surface area contributed by atoms with Gasteiger partial charge in [-0.2, -0.15) is 0 Å². The van der Waals surface area contributed by atoms with Gasteiger partial charge in [0.2, 0.25) is 5.91 Å². The Morgan fingerprint density at radius 3 is 2.59 bits per heavy atom. The molecule has 0 aliphatic carbocycles. The topological polar surface area (TPSA) is 110 Å². The van der Waals surface area contributed by atoms with Crippen molar-refractivity contribution in [3.8, 4) is 5.75 Å². The van der Waals surface area contributed by atoms with Gasteiger partial charge in [-0.3, -0.25) is 14.5 Å². The minimum absolute atomic E-state index is 0.0975. The maximum atomic E-state index is 12.7. The van der Waals surface area contributed by atoms with Gasteiger partial charge in [-0.25, -0.2) is 4.79 Å². The van der Waals surface area contributed by atoms with Gasteiger partial charge in [0.1, 0.15) is 22.7 Å². The molecule has 1 aromatic rings. The van der Waals surface area contributed by atoms with Gasteiger partial charge < -0.3 is 15.6 Å². The fourth-order valence-corrected chi connectivity index (χ4v) is 3.71. The lowest BCUT2D eigenvalue weighted by Gasteiger charge is -2.22. The van der Waals surface area contributed by atoms with Crippen molar-refractivity contribution in [2.75, 3.05) is 6.61 Å². The highest BCUT2D eigenvalue weighted by molar-refractivity contribution is 8.26. The van der Waals surface area contributed by atoms with Gasteiger partial charge in [-0.05, 0) is 30.2 Å². The molecule has 27 heavy (non-hydrogen) atoms. The molecule has 0 aromatic heterocycles. The number of nitrogens with zero attached hydrogens (tertiary/aromatic N) is 1. The monoisotopic (exact) mass is 406 g/mol. The summed E-state index contributed by atoms with van der Waals surface area (Å²) in [5.74, 6) is -1.72. The van der Waals surface area contributed by atoms with Crippen LogP contribution in [0.3, 0.4) is 0 Å². The molecule has 7 nitrogen and oxygen atoms in total. The number of thiocarbonyl (C=S) groups is 1. The van der Waals surface area contributed by atoms with E-state index in [2.05, 4.69) is 6.58 Å². The highest BCUT2D eigenvalue weighted by Gasteiger charge is 2.40. The van der Waals surface area contributed by atoms with Crippen LogP contribution in [0.2, 0.25) is 0 Å². The number of ether oxygens (including phenoxy) is 1. The summed E-state index contributed by atoms with van der Waals surface area (Å²) in [6, 6.07) is 5.82. The van der Waals surface area contributed by atoms with E-state index in [1.165, 1.54) is 0 Å². The number of amides is 2. The predicted octanol–water partition coefficient (Wildman–Crippen LogP) is 2.17. The Morgan fingerprint density at radius 1 is 1.37 bits per heavy atom. The first-order valence-electron chi connectivity index (χ1n) is 7.95. The van der Waals surface area contributed by atoms with Crippen molar-refractivity contribution in [2.45, 2.75) is 18.9 Å². The molecule has 1 aliphatic heterocycles. The average Bonchev–Trinajstić information content (AvgIpc) is 2.88. The second-order valence-electron chi connectivity index (χ2n) is 5.58. The van der Waals surface area contributed by atoms with Crippen molar-refractivity contribution in [3.63, 3.8) is 0 Å². The molecule has 0 saturated carbocycles. The fraction of sp³-hybridized carbons (Fsp3) is 0.222.